The Balaban J connectivity index is 2.92. The third-order valence-corrected chi connectivity index (χ3v) is 2.59. The van der Waals surface area contributed by atoms with E-state index in [1.54, 1.807) is 19.2 Å². The normalized spacial score (nSPS) is 9.14. The molecule has 0 spiro atoms. The van der Waals surface area contributed by atoms with Crippen LogP contribution in [0.4, 0.5) is 0 Å². The van der Waals surface area contributed by atoms with Crippen molar-refractivity contribution in [3.8, 4) is 6.07 Å². The van der Waals surface area contributed by atoms with Crippen LogP contribution in [0.3, 0.4) is 0 Å². The van der Waals surface area contributed by atoms with E-state index >= 15 is 0 Å². The van der Waals surface area contributed by atoms with Gasteiger partial charge in [-0.25, -0.2) is 0 Å². The second-order valence-corrected chi connectivity index (χ2v) is 3.54. The number of rotatable bonds is 3. The summed E-state index contributed by atoms with van der Waals surface area (Å²) in [5.41, 5.74) is 0.621. The van der Waals surface area contributed by atoms with Gasteiger partial charge in [-0.05, 0) is 12.1 Å². The molecule has 3 nitrogen and oxygen atoms in total. The molecule has 0 bridgehead atoms. The minimum Gasteiger partial charge on any atom is -0.355 e. The Morgan fingerprint density at radius 2 is 2.29 bits per heavy atom. The zero-order valence-electron chi connectivity index (χ0n) is 7.78. The Labute approximate surface area is 87.1 Å². The van der Waals surface area contributed by atoms with Crippen LogP contribution in [0, 0.1) is 11.3 Å². The fraction of sp³-hybridized carbons (Fsp3) is 0.200. The highest BCUT2D eigenvalue weighted by Crippen LogP contribution is 2.21. The SMILES string of the molecule is CNC(=O)c1ccccc1SCC#N. The quantitative estimate of drug-likeness (QED) is 0.765. The summed E-state index contributed by atoms with van der Waals surface area (Å²) >= 11 is 1.37. The molecule has 4 heteroatoms. The minimum atomic E-state index is -0.119. The van der Waals surface area contributed by atoms with Crippen LogP contribution < -0.4 is 5.32 Å². The van der Waals surface area contributed by atoms with Gasteiger partial charge in [-0.2, -0.15) is 5.26 Å². The van der Waals surface area contributed by atoms with E-state index in [9.17, 15) is 4.79 Å². The van der Waals surface area contributed by atoms with Gasteiger partial charge in [0.05, 0.1) is 17.4 Å². The molecule has 1 rings (SSSR count). The predicted octanol–water partition coefficient (Wildman–Crippen LogP) is 1.66. The van der Waals surface area contributed by atoms with E-state index in [1.807, 2.05) is 18.2 Å². The van der Waals surface area contributed by atoms with E-state index in [0.29, 0.717) is 11.3 Å². The summed E-state index contributed by atoms with van der Waals surface area (Å²) in [6.07, 6.45) is 0. The Kier molecular flexibility index (Phi) is 4.02. The van der Waals surface area contributed by atoms with Gasteiger partial charge in [0.15, 0.2) is 0 Å². The Morgan fingerprint density at radius 3 is 2.93 bits per heavy atom. The van der Waals surface area contributed by atoms with Crippen molar-refractivity contribution in [2.24, 2.45) is 0 Å². The minimum absolute atomic E-state index is 0.119. The monoisotopic (exact) mass is 206 g/mol. The van der Waals surface area contributed by atoms with Crippen molar-refractivity contribution in [2.45, 2.75) is 4.90 Å². The molecule has 0 radical (unpaired) electrons. The maximum Gasteiger partial charge on any atom is 0.252 e. The average molecular weight is 206 g/mol. The largest absolute Gasteiger partial charge is 0.355 e. The summed E-state index contributed by atoms with van der Waals surface area (Å²) in [5, 5.41) is 11.0. The Bertz CT molecular complexity index is 371. The average Bonchev–Trinajstić information content (AvgIpc) is 2.25. The highest BCUT2D eigenvalue weighted by molar-refractivity contribution is 7.99. The second kappa shape index (κ2) is 5.30. The first-order valence-corrected chi connectivity index (χ1v) is 5.09. The summed E-state index contributed by atoms with van der Waals surface area (Å²) in [7, 11) is 1.59. The fourth-order valence-electron chi connectivity index (χ4n) is 1.02. The number of thioether (sulfide) groups is 1. The van der Waals surface area contributed by atoms with Gasteiger partial charge in [0, 0.05) is 11.9 Å². The number of carbonyl (C=O) groups is 1. The Hall–Kier alpha value is -1.47. The molecule has 0 aliphatic rings. The highest BCUT2D eigenvalue weighted by Gasteiger charge is 2.08. The molecule has 0 aliphatic carbocycles. The van der Waals surface area contributed by atoms with E-state index in [4.69, 9.17) is 5.26 Å². The molecule has 0 saturated carbocycles. The molecule has 72 valence electrons. The molecule has 0 fully saturated rings. The van der Waals surface area contributed by atoms with Crippen LogP contribution in [0.15, 0.2) is 29.2 Å². The van der Waals surface area contributed by atoms with E-state index in [0.717, 1.165) is 4.90 Å². The van der Waals surface area contributed by atoms with Gasteiger partial charge in [0.2, 0.25) is 0 Å². The lowest BCUT2D eigenvalue weighted by Crippen LogP contribution is -2.18. The molecule has 0 heterocycles. The molecule has 0 aromatic heterocycles. The van der Waals surface area contributed by atoms with Gasteiger partial charge < -0.3 is 5.32 Å². The number of benzene rings is 1. The molecule has 0 atom stereocenters. The first-order valence-electron chi connectivity index (χ1n) is 4.10. The summed E-state index contributed by atoms with van der Waals surface area (Å²) in [6.45, 7) is 0. The highest BCUT2D eigenvalue weighted by atomic mass is 32.2. The third kappa shape index (κ3) is 2.51. The smallest absolute Gasteiger partial charge is 0.252 e. The van der Waals surface area contributed by atoms with E-state index in [1.165, 1.54) is 11.8 Å². The zero-order chi connectivity index (χ0) is 10.4. The number of nitriles is 1. The molecule has 1 aromatic rings. The van der Waals surface area contributed by atoms with Crippen molar-refractivity contribution in [1.29, 1.82) is 5.26 Å². The summed E-state index contributed by atoms with van der Waals surface area (Å²) in [6, 6.07) is 9.28. The zero-order valence-corrected chi connectivity index (χ0v) is 8.60. The maximum absolute atomic E-state index is 11.4. The third-order valence-electron chi connectivity index (χ3n) is 1.65. The van der Waals surface area contributed by atoms with Gasteiger partial charge in [-0.15, -0.1) is 11.8 Å². The van der Waals surface area contributed by atoms with Crippen molar-refractivity contribution in [2.75, 3.05) is 12.8 Å². The molecular weight excluding hydrogens is 196 g/mol. The molecule has 0 aliphatic heterocycles. The number of carbonyl (C=O) groups excluding carboxylic acids is 1. The molecule has 1 N–H and O–H groups in total. The lowest BCUT2D eigenvalue weighted by Gasteiger charge is -2.05. The first-order chi connectivity index (χ1) is 6.79. The van der Waals surface area contributed by atoms with E-state index in [-0.39, 0.29) is 5.91 Å². The number of amides is 1. The first kappa shape index (κ1) is 10.6. The summed E-state index contributed by atoms with van der Waals surface area (Å²) in [5.74, 6) is 0.236. The molecule has 0 unspecified atom stereocenters. The van der Waals surface area contributed by atoms with Gasteiger partial charge in [-0.3, -0.25) is 4.79 Å². The van der Waals surface area contributed by atoms with Crippen LogP contribution in [0.5, 0.6) is 0 Å². The lowest BCUT2D eigenvalue weighted by molar-refractivity contribution is 0.0960. The molecule has 0 saturated heterocycles. The van der Waals surface area contributed by atoms with Crippen LogP contribution in [0.25, 0.3) is 0 Å². The summed E-state index contributed by atoms with van der Waals surface area (Å²) < 4.78 is 0. The van der Waals surface area contributed by atoms with Crippen molar-refractivity contribution in [1.82, 2.24) is 5.32 Å². The Morgan fingerprint density at radius 1 is 1.57 bits per heavy atom. The van der Waals surface area contributed by atoms with Gasteiger partial charge in [0.25, 0.3) is 5.91 Å². The van der Waals surface area contributed by atoms with Crippen LogP contribution in [0.1, 0.15) is 10.4 Å². The van der Waals surface area contributed by atoms with Crippen molar-refractivity contribution in [3.05, 3.63) is 29.8 Å². The second-order valence-electron chi connectivity index (χ2n) is 2.52. The fourth-order valence-corrected chi connectivity index (χ4v) is 1.74. The van der Waals surface area contributed by atoms with Crippen LogP contribution >= 0.6 is 11.8 Å². The van der Waals surface area contributed by atoms with Gasteiger partial charge in [-0.1, -0.05) is 12.1 Å². The van der Waals surface area contributed by atoms with E-state index < -0.39 is 0 Å². The number of nitrogens with one attached hydrogen (secondary N) is 1. The number of nitrogens with zero attached hydrogens (tertiary/aromatic N) is 1. The van der Waals surface area contributed by atoms with Crippen molar-refractivity contribution in [3.63, 3.8) is 0 Å². The summed E-state index contributed by atoms with van der Waals surface area (Å²) in [4.78, 5) is 12.2. The lowest BCUT2D eigenvalue weighted by atomic mass is 10.2. The molecular formula is C10H10N2OS. The predicted molar refractivity (Wildman–Crippen MR) is 56.2 cm³/mol. The standard InChI is InChI=1S/C10H10N2OS/c1-12-10(13)8-4-2-3-5-9(8)14-7-6-11/h2-5H,7H2,1H3,(H,12,13). The van der Waals surface area contributed by atoms with Gasteiger partial charge >= 0.3 is 0 Å². The molecule has 1 amide bonds. The molecule has 1 aromatic carbocycles. The van der Waals surface area contributed by atoms with Crippen LogP contribution in [0.2, 0.25) is 0 Å². The van der Waals surface area contributed by atoms with Gasteiger partial charge in [0.1, 0.15) is 0 Å². The maximum atomic E-state index is 11.4. The topological polar surface area (TPSA) is 52.9 Å². The molecule has 14 heavy (non-hydrogen) atoms. The van der Waals surface area contributed by atoms with E-state index in [2.05, 4.69) is 5.32 Å². The number of hydrogen-bond donors (Lipinski definition) is 1. The van der Waals surface area contributed by atoms with Crippen LogP contribution in [-0.2, 0) is 0 Å². The van der Waals surface area contributed by atoms with Crippen LogP contribution in [-0.4, -0.2) is 18.7 Å². The van der Waals surface area contributed by atoms with Crippen molar-refractivity contribution >= 4 is 17.7 Å². The van der Waals surface area contributed by atoms with Crippen molar-refractivity contribution < 1.29 is 4.79 Å². The number of hydrogen-bond acceptors (Lipinski definition) is 3.